The molecule has 4 aromatic rings. The summed E-state index contributed by atoms with van der Waals surface area (Å²) in [6.07, 6.45) is 1.83. The van der Waals surface area contributed by atoms with Crippen molar-refractivity contribution in [3.8, 4) is 5.75 Å². The van der Waals surface area contributed by atoms with E-state index in [0.717, 1.165) is 28.9 Å². The normalized spacial score (nSPS) is 10.7. The zero-order chi connectivity index (χ0) is 16.9. The highest BCUT2D eigenvalue weighted by Gasteiger charge is 2.00. The third-order valence-electron chi connectivity index (χ3n) is 4.11. The Morgan fingerprint density at radius 2 is 1.72 bits per heavy atom. The maximum Gasteiger partial charge on any atom is 0.119 e. The first kappa shape index (κ1) is 15.3. The molecule has 1 heterocycles. The number of rotatable bonds is 6. The summed E-state index contributed by atoms with van der Waals surface area (Å²) in [6.45, 7) is 1.35. The highest BCUT2D eigenvalue weighted by molar-refractivity contribution is 5.81. The molecule has 4 heteroatoms. The van der Waals surface area contributed by atoms with Crippen LogP contribution in [0.4, 0.5) is 5.69 Å². The number of anilines is 1. The Morgan fingerprint density at radius 1 is 0.880 bits per heavy atom. The summed E-state index contributed by atoms with van der Waals surface area (Å²) >= 11 is 0. The number of benzene rings is 3. The van der Waals surface area contributed by atoms with Crippen molar-refractivity contribution in [2.75, 3.05) is 5.32 Å². The lowest BCUT2D eigenvalue weighted by molar-refractivity contribution is 0.306. The molecular formula is C21H19N3O. The van der Waals surface area contributed by atoms with Crippen LogP contribution in [0.15, 0.2) is 79.0 Å². The molecule has 0 saturated carbocycles. The topological polar surface area (TPSA) is 49.9 Å². The van der Waals surface area contributed by atoms with E-state index in [2.05, 4.69) is 58.0 Å². The number of aromatic amines is 1. The molecule has 0 amide bonds. The van der Waals surface area contributed by atoms with Crippen LogP contribution in [-0.2, 0) is 13.2 Å². The summed E-state index contributed by atoms with van der Waals surface area (Å²) in [7, 11) is 0. The van der Waals surface area contributed by atoms with Crippen LogP contribution < -0.4 is 10.1 Å². The average molecular weight is 329 g/mol. The zero-order valence-corrected chi connectivity index (χ0v) is 13.8. The van der Waals surface area contributed by atoms with Gasteiger partial charge < -0.3 is 10.1 Å². The van der Waals surface area contributed by atoms with E-state index >= 15 is 0 Å². The molecule has 4 nitrogen and oxygen atoms in total. The van der Waals surface area contributed by atoms with Crippen LogP contribution in [0, 0.1) is 0 Å². The third kappa shape index (κ3) is 3.80. The average Bonchev–Trinajstić information content (AvgIpc) is 3.14. The van der Waals surface area contributed by atoms with E-state index in [1.807, 2.05) is 36.5 Å². The Morgan fingerprint density at radius 3 is 2.56 bits per heavy atom. The van der Waals surface area contributed by atoms with Gasteiger partial charge in [0.05, 0.1) is 11.7 Å². The molecule has 0 radical (unpaired) electrons. The molecule has 0 bridgehead atoms. The van der Waals surface area contributed by atoms with E-state index in [9.17, 15) is 0 Å². The first-order valence-corrected chi connectivity index (χ1v) is 8.29. The van der Waals surface area contributed by atoms with Gasteiger partial charge in [0.2, 0.25) is 0 Å². The summed E-state index contributed by atoms with van der Waals surface area (Å²) in [5, 5.41) is 11.6. The largest absolute Gasteiger partial charge is 0.489 e. The summed E-state index contributed by atoms with van der Waals surface area (Å²) in [5.74, 6) is 0.881. The lowest BCUT2D eigenvalue weighted by atomic mass is 10.2. The van der Waals surface area contributed by atoms with Gasteiger partial charge in [-0.25, -0.2) is 0 Å². The quantitative estimate of drug-likeness (QED) is 0.536. The van der Waals surface area contributed by atoms with Gasteiger partial charge in [-0.15, -0.1) is 0 Å². The minimum atomic E-state index is 0.586. The van der Waals surface area contributed by atoms with Gasteiger partial charge in [-0.3, -0.25) is 5.10 Å². The number of H-pyrrole nitrogens is 1. The number of nitrogens with one attached hydrogen (secondary N) is 2. The molecule has 0 aliphatic carbocycles. The second-order valence-corrected chi connectivity index (χ2v) is 5.94. The van der Waals surface area contributed by atoms with Crippen molar-refractivity contribution >= 4 is 16.6 Å². The molecule has 0 spiro atoms. The summed E-state index contributed by atoms with van der Waals surface area (Å²) in [4.78, 5) is 0. The van der Waals surface area contributed by atoms with Gasteiger partial charge in [-0.2, -0.15) is 5.10 Å². The van der Waals surface area contributed by atoms with Gasteiger partial charge >= 0.3 is 0 Å². The number of hydrogen-bond donors (Lipinski definition) is 2. The Kier molecular flexibility index (Phi) is 4.33. The number of nitrogens with zero attached hydrogens (tertiary/aromatic N) is 1. The van der Waals surface area contributed by atoms with Crippen LogP contribution in [0.25, 0.3) is 10.9 Å². The monoisotopic (exact) mass is 329 g/mol. The van der Waals surface area contributed by atoms with E-state index in [1.54, 1.807) is 0 Å². The zero-order valence-electron chi connectivity index (χ0n) is 13.8. The number of fused-ring (bicyclic) bond motifs is 1. The highest BCUT2D eigenvalue weighted by Crippen LogP contribution is 2.18. The minimum Gasteiger partial charge on any atom is -0.489 e. The SMILES string of the molecule is c1ccc(COc2ccc(CNc3ccc4cn[nH]c4c3)cc2)cc1. The van der Waals surface area contributed by atoms with Gasteiger partial charge in [-0.05, 0) is 41.5 Å². The van der Waals surface area contributed by atoms with E-state index in [0.29, 0.717) is 6.61 Å². The Labute approximate surface area is 146 Å². The van der Waals surface area contributed by atoms with Crippen LogP contribution in [0.1, 0.15) is 11.1 Å². The Bertz CT molecular complexity index is 946. The molecule has 1 aromatic heterocycles. The van der Waals surface area contributed by atoms with Gasteiger partial charge in [0.1, 0.15) is 12.4 Å². The van der Waals surface area contributed by atoms with Crippen LogP contribution in [0.2, 0.25) is 0 Å². The maximum atomic E-state index is 5.82. The lowest BCUT2D eigenvalue weighted by Crippen LogP contribution is -2.00. The fraction of sp³-hybridized carbons (Fsp3) is 0.0952. The van der Waals surface area contributed by atoms with E-state index in [-0.39, 0.29) is 0 Å². The highest BCUT2D eigenvalue weighted by atomic mass is 16.5. The third-order valence-corrected chi connectivity index (χ3v) is 4.11. The molecule has 2 N–H and O–H groups in total. The van der Waals surface area contributed by atoms with Crippen LogP contribution in [-0.4, -0.2) is 10.2 Å². The summed E-state index contributed by atoms with van der Waals surface area (Å²) < 4.78 is 5.82. The molecule has 4 rings (SSSR count). The first-order chi connectivity index (χ1) is 12.4. The van der Waals surface area contributed by atoms with Crippen LogP contribution in [0.5, 0.6) is 5.75 Å². The predicted octanol–water partition coefficient (Wildman–Crippen LogP) is 4.75. The minimum absolute atomic E-state index is 0.586. The number of aromatic nitrogens is 2. The van der Waals surface area contributed by atoms with E-state index < -0.39 is 0 Å². The van der Waals surface area contributed by atoms with Crippen molar-refractivity contribution in [2.24, 2.45) is 0 Å². The Balaban J connectivity index is 1.33. The molecule has 124 valence electrons. The van der Waals surface area contributed by atoms with Gasteiger partial charge in [0, 0.05) is 17.6 Å². The van der Waals surface area contributed by atoms with Crippen molar-refractivity contribution < 1.29 is 4.74 Å². The molecule has 0 saturated heterocycles. The van der Waals surface area contributed by atoms with Crippen molar-refractivity contribution in [3.05, 3.63) is 90.1 Å². The smallest absolute Gasteiger partial charge is 0.119 e. The molecular weight excluding hydrogens is 310 g/mol. The number of hydrogen-bond acceptors (Lipinski definition) is 3. The molecule has 0 atom stereocenters. The second kappa shape index (κ2) is 7.09. The fourth-order valence-electron chi connectivity index (χ4n) is 2.70. The fourth-order valence-corrected chi connectivity index (χ4v) is 2.70. The van der Waals surface area contributed by atoms with Crippen LogP contribution >= 0.6 is 0 Å². The lowest BCUT2D eigenvalue weighted by Gasteiger charge is -2.09. The van der Waals surface area contributed by atoms with E-state index in [4.69, 9.17) is 4.74 Å². The van der Waals surface area contributed by atoms with Gasteiger partial charge in [0.15, 0.2) is 0 Å². The van der Waals surface area contributed by atoms with Crippen LogP contribution in [0.3, 0.4) is 0 Å². The summed E-state index contributed by atoms with van der Waals surface area (Å²) in [6, 6.07) is 24.6. The standard InChI is InChI=1S/C21H19N3O/c1-2-4-17(5-3-1)15-25-20-10-6-16(7-11-20)13-22-19-9-8-18-14-23-24-21(18)12-19/h1-12,14,22H,13,15H2,(H,23,24). The van der Waals surface area contributed by atoms with Crippen molar-refractivity contribution in [2.45, 2.75) is 13.2 Å². The molecule has 0 aliphatic rings. The molecule has 25 heavy (non-hydrogen) atoms. The molecule has 0 aliphatic heterocycles. The van der Waals surface area contributed by atoms with Crippen molar-refractivity contribution in [1.29, 1.82) is 0 Å². The summed E-state index contributed by atoms with van der Waals surface area (Å²) in [5.41, 5.74) is 4.48. The van der Waals surface area contributed by atoms with E-state index in [1.165, 1.54) is 11.1 Å². The Hall–Kier alpha value is -3.27. The maximum absolute atomic E-state index is 5.82. The molecule has 3 aromatic carbocycles. The van der Waals surface area contributed by atoms with Crippen molar-refractivity contribution in [1.82, 2.24) is 10.2 Å². The molecule has 0 fully saturated rings. The molecule has 0 unspecified atom stereocenters. The number of ether oxygens (including phenoxy) is 1. The predicted molar refractivity (Wildman–Crippen MR) is 101 cm³/mol. The van der Waals surface area contributed by atoms with Gasteiger partial charge in [0.25, 0.3) is 0 Å². The first-order valence-electron chi connectivity index (χ1n) is 8.29. The second-order valence-electron chi connectivity index (χ2n) is 5.94. The van der Waals surface area contributed by atoms with Crippen molar-refractivity contribution in [3.63, 3.8) is 0 Å². The van der Waals surface area contributed by atoms with Gasteiger partial charge in [-0.1, -0.05) is 42.5 Å².